The van der Waals surface area contributed by atoms with Gasteiger partial charge >= 0.3 is 5.97 Å². The lowest BCUT2D eigenvalue weighted by molar-refractivity contribution is -0.141. The van der Waals surface area contributed by atoms with Crippen LogP contribution >= 0.6 is 0 Å². The number of carbonyl (C=O) groups is 2. The van der Waals surface area contributed by atoms with Crippen molar-refractivity contribution in [2.75, 3.05) is 19.7 Å². The van der Waals surface area contributed by atoms with Crippen molar-refractivity contribution in [3.63, 3.8) is 0 Å². The minimum atomic E-state index is -1.98. The molecule has 0 heterocycles. The molecule has 8 N–H and O–H groups in total. The molecule has 20 heavy (non-hydrogen) atoms. The number of nitrogens with two attached hydrogens (primary N) is 1. The average Bonchev–Trinajstić information content (AvgIpc) is 2.44. The third kappa shape index (κ3) is 6.37. The number of ketones is 1. The van der Waals surface area contributed by atoms with Crippen LogP contribution in [-0.4, -0.2) is 81.3 Å². The summed E-state index contributed by atoms with van der Waals surface area (Å²) in [5.74, 6) is -2.32. The predicted octanol–water partition coefficient (Wildman–Crippen LogP) is -3.59. The molecule has 0 rings (SSSR count). The van der Waals surface area contributed by atoms with Crippen LogP contribution in [0.2, 0.25) is 0 Å². The fourth-order valence-electron chi connectivity index (χ4n) is 1.36. The molecule has 9 heteroatoms. The number of aliphatic hydroxyl groups excluding tert-OH is 4. The molecule has 0 aromatic carbocycles. The van der Waals surface area contributed by atoms with Crippen molar-refractivity contribution in [3.8, 4) is 0 Å². The fourth-order valence-corrected chi connectivity index (χ4v) is 1.36. The topological polar surface area (TPSA) is 173 Å². The highest BCUT2D eigenvalue weighted by atomic mass is 16.4. The van der Waals surface area contributed by atoms with Crippen LogP contribution in [0.4, 0.5) is 0 Å². The van der Waals surface area contributed by atoms with Crippen LogP contribution in [0.15, 0.2) is 0 Å². The van der Waals surface area contributed by atoms with E-state index in [2.05, 4.69) is 5.32 Å². The molecular weight excluding hydrogens is 272 g/mol. The maximum atomic E-state index is 11.6. The number of Topliss-reactive ketones (excluding diaryl/α,β-unsaturated/α-hetero) is 1. The summed E-state index contributed by atoms with van der Waals surface area (Å²) in [5, 5.41) is 47.7. The molecule has 0 radical (unpaired) electrons. The van der Waals surface area contributed by atoms with Crippen molar-refractivity contribution in [2.45, 2.75) is 37.2 Å². The van der Waals surface area contributed by atoms with Gasteiger partial charge in [0.15, 0.2) is 5.78 Å². The Bertz CT molecular complexity index is 345. The van der Waals surface area contributed by atoms with Crippen LogP contribution in [0.3, 0.4) is 0 Å². The van der Waals surface area contributed by atoms with Gasteiger partial charge in [0.1, 0.15) is 24.4 Å². The van der Waals surface area contributed by atoms with Gasteiger partial charge < -0.3 is 31.3 Å². The molecule has 1 unspecified atom stereocenters. The lowest BCUT2D eigenvalue weighted by atomic mass is 10.0. The molecule has 0 amide bonds. The Morgan fingerprint density at radius 2 is 1.90 bits per heavy atom. The zero-order valence-corrected chi connectivity index (χ0v) is 10.8. The van der Waals surface area contributed by atoms with Gasteiger partial charge in [-0.15, -0.1) is 0 Å². The third-order valence-corrected chi connectivity index (χ3v) is 2.57. The van der Waals surface area contributed by atoms with E-state index in [-0.39, 0.29) is 13.0 Å². The summed E-state index contributed by atoms with van der Waals surface area (Å²) in [4.78, 5) is 22.5. The molecule has 0 aliphatic carbocycles. The highest BCUT2D eigenvalue weighted by Crippen LogP contribution is 2.02. The summed E-state index contributed by atoms with van der Waals surface area (Å²) in [5.41, 5.74) is 5.23. The number of hydrogen-bond acceptors (Lipinski definition) is 8. The zero-order chi connectivity index (χ0) is 16.6. The van der Waals surface area contributed by atoms with Crippen LogP contribution < -0.4 is 11.1 Å². The van der Waals surface area contributed by atoms with E-state index in [4.69, 9.17) is 22.4 Å². The minimum Gasteiger partial charge on any atom is -0.480 e. The van der Waals surface area contributed by atoms with E-state index in [0.717, 1.165) is 0 Å². The quantitative estimate of drug-likeness (QED) is 0.203. The van der Waals surface area contributed by atoms with E-state index in [0.29, 0.717) is 0 Å². The zero-order valence-electron chi connectivity index (χ0n) is 11.8. The van der Waals surface area contributed by atoms with Gasteiger partial charge in [0.2, 0.25) is 0 Å². The van der Waals surface area contributed by atoms with Gasteiger partial charge in [0.25, 0.3) is 0 Å². The molecule has 0 aliphatic heterocycles. The highest BCUT2D eigenvalue weighted by Gasteiger charge is 2.30. The van der Waals surface area contributed by atoms with Gasteiger partial charge in [-0.05, 0) is 19.4 Å². The SMILES string of the molecule is [2H]C(CCN)[C@H](NCC(=O)[C@@H](O)[C@H](O)[C@H](O)CO)C(=O)O. The molecule has 0 aliphatic rings. The van der Waals surface area contributed by atoms with Crippen molar-refractivity contribution < 1.29 is 36.5 Å². The Labute approximate surface area is 117 Å². The molecule has 0 saturated carbocycles. The van der Waals surface area contributed by atoms with Crippen LogP contribution in [0.5, 0.6) is 0 Å². The number of carbonyl (C=O) groups excluding carboxylic acids is 1. The normalized spacial score (nSPS) is 19.6. The van der Waals surface area contributed by atoms with Crippen molar-refractivity contribution in [3.05, 3.63) is 0 Å². The average molecular weight is 295 g/mol. The number of aliphatic hydroxyl groups is 4. The van der Waals surface area contributed by atoms with Crippen molar-refractivity contribution >= 4 is 11.8 Å². The first-order chi connectivity index (χ1) is 9.76. The number of rotatable bonds is 11. The Morgan fingerprint density at radius 3 is 2.35 bits per heavy atom. The summed E-state index contributed by atoms with van der Waals surface area (Å²) < 4.78 is 7.57. The predicted molar refractivity (Wildman–Crippen MR) is 67.8 cm³/mol. The van der Waals surface area contributed by atoms with E-state index >= 15 is 0 Å². The smallest absolute Gasteiger partial charge is 0.320 e. The lowest BCUT2D eigenvalue weighted by Crippen LogP contribution is -2.48. The van der Waals surface area contributed by atoms with E-state index in [1.165, 1.54) is 0 Å². The lowest BCUT2D eigenvalue weighted by Gasteiger charge is -2.21. The van der Waals surface area contributed by atoms with Gasteiger partial charge in [-0.1, -0.05) is 0 Å². The molecule has 0 aromatic rings. The van der Waals surface area contributed by atoms with E-state index in [1.807, 2.05) is 0 Å². The maximum Gasteiger partial charge on any atom is 0.320 e. The highest BCUT2D eigenvalue weighted by molar-refractivity contribution is 5.86. The Kier molecular flexibility index (Phi) is 8.26. The molecular formula is C11H22N2O7. The molecule has 0 bridgehead atoms. The Balaban J connectivity index is 4.52. The minimum absolute atomic E-state index is 0.104. The first-order valence-electron chi connectivity index (χ1n) is 6.60. The summed E-state index contributed by atoms with van der Waals surface area (Å²) in [6.45, 7) is -1.35. The second-order valence-corrected chi connectivity index (χ2v) is 4.16. The van der Waals surface area contributed by atoms with Crippen LogP contribution in [-0.2, 0) is 9.59 Å². The van der Waals surface area contributed by atoms with E-state index < -0.39 is 55.7 Å². The number of carboxylic acids is 1. The molecule has 0 spiro atoms. The summed E-state index contributed by atoms with van der Waals surface area (Å²) in [6.07, 6.45) is -6.53. The van der Waals surface area contributed by atoms with E-state index in [9.17, 15) is 19.8 Å². The number of hydrogen-bond donors (Lipinski definition) is 7. The first kappa shape index (κ1) is 17.0. The first-order valence-corrected chi connectivity index (χ1v) is 6.02. The monoisotopic (exact) mass is 295 g/mol. The largest absolute Gasteiger partial charge is 0.480 e. The van der Waals surface area contributed by atoms with Gasteiger partial charge in [-0.2, -0.15) is 0 Å². The van der Waals surface area contributed by atoms with Gasteiger partial charge in [-0.25, -0.2) is 0 Å². The molecule has 0 saturated heterocycles. The summed E-state index contributed by atoms with van der Waals surface area (Å²) >= 11 is 0. The number of nitrogens with one attached hydrogen (secondary N) is 1. The van der Waals surface area contributed by atoms with Crippen molar-refractivity contribution in [1.29, 1.82) is 0 Å². The van der Waals surface area contributed by atoms with Gasteiger partial charge in [-0.3, -0.25) is 14.9 Å². The fraction of sp³-hybridized carbons (Fsp3) is 0.818. The number of carboxylic acid groups (broad SMARTS) is 1. The molecule has 118 valence electrons. The maximum absolute atomic E-state index is 11.6. The standard InChI is InChI=1S/C11H22N2O7/c12-3-1-2-6(11(19)20)13-4-7(15)9(17)10(18)8(16)5-14/h6,8-10,13-14,16-18H,1-5,12H2,(H,19,20)/t6-,8+,9+,10+/m0/s1/i2D/t2?,6-,8+,9+,10+. The number of aliphatic carboxylic acids is 1. The van der Waals surface area contributed by atoms with Crippen LogP contribution in [0, 0.1) is 0 Å². The summed E-state index contributed by atoms with van der Waals surface area (Å²) in [6, 6.07) is -1.36. The van der Waals surface area contributed by atoms with Crippen LogP contribution in [0.25, 0.3) is 0 Å². The Morgan fingerprint density at radius 1 is 1.30 bits per heavy atom. The van der Waals surface area contributed by atoms with Crippen LogP contribution in [0.1, 0.15) is 14.2 Å². The second kappa shape index (κ2) is 9.75. The summed E-state index contributed by atoms with van der Waals surface area (Å²) in [7, 11) is 0. The Hall–Kier alpha value is -1.10. The molecule has 0 aromatic heterocycles. The van der Waals surface area contributed by atoms with Gasteiger partial charge in [0.05, 0.1) is 13.2 Å². The molecule has 0 fully saturated rings. The molecule has 9 nitrogen and oxygen atoms in total. The van der Waals surface area contributed by atoms with Crippen molar-refractivity contribution in [2.24, 2.45) is 5.73 Å². The third-order valence-electron chi connectivity index (χ3n) is 2.57. The van der Waals surface area contributed by atoms with Gasteiger partial charge in [0, 0.05) is 1.37 Å². The second-order valence-electron chi connectivity index (χ2n) is 4.16. The molecule has 5 atom stereocenters. The van der Waals surface area contributed by atoms with E-state index in [1.54, 1.807) is 0 Å². The van der Waals surface area contributed by atoms with Crippen molar-refractivity contribution in [1.82, 2.24) is 5.32 Å².